The highest BCUT2D eigenvalue weighted by molar-refractivity contribution is 5.66. The number of benzene rings is 3. The molecular weight excluding hydrogens is 500 g/mol. The Hall–Kier alpha value is -3.08. The van der Waals surface area contributed by atoms with Gasteiger partial charge in [0.15, 0.2) is 23.2 Å². The number of aryl methyl sites for hydroxylation is 2. The molecule has 1 fully saturated rings. The first kappa shape index (κ1) is 28.9. The van der Waals surface area contributed by atoms with Crippen LogP contribution in [0.1, 0.15) is 80.9 Å². The van der Waals surface area contributed by atoms with E-state index in [0.717, 1.165) is 44.9 Å². The number of hydrogen-bond donors (Lipinski definition) is 0. The smallest absolute Gasteiger partial charge is 0.201 e. The van der Waals surface area contributed by atoms with Crippen molar-refractivity contribution in [2.45, 2.75) is 77.0 Å². The van der Waals surface area contributed by atoms with Crippen LogP contribution in [0.4, 0.5) is 17.6 Å². The Morgan fingerprint density at radius 2 is 1.33 bits per heavy atom. The molecule has 0 radical (unpaired) electrons. The summed E-state index contributed by atoms with van der Waals surface area (Å²) in [5.74, 6) is -4.54. The van der Waals surface area contributed by atoms with Crippen molar-refractivity contribution in [3.8, 4) is 16.9 Å². The summed E-state index contributed by atoms with van der Waals surface area (Å²) in [4.78, 5) is 0. The fourth-order valence-corrected chi connectivity index (χ4v) is 5.60. The molecule has 3 aromatic carbocycles. The predicted molar refractivity (Wildman–Crippen MR) is 150 cm³/mol. The van der Waals surface area contributed by atoms with E-state index < -0.39 is 23.3 Å². The van der Waals surface area contributed by atoms with E-state index in [1.807, 2.05) is 0 Å². The zero-order chi connectivity index (χ0) is 27.8. The summed E-state index contributed by atoms with van der Waals surface area (Å²) in [5, 5.41) is 0. The molecule has 0 unspecified atom stereocenters. The fourth-order valence-electron chi connectivity index (χ4n) is 5.60. The first-order valence-corrected chi connectivity index (χ1v) is 14.2. The maximum Gasteiger partial charge on any atom is 0.201 e. The highest BCUT2D eigenvalue weighted by Crippen LogP contribution is 2.40. The molecule has 0 heterocycles. The van der Waals surface area contributed by atoms with Gasteiger partial charge in [-0.1, -0.05) is 68.3 Å². The van der Waals surface area contributed by atoms with E-state index in [9.17, 15) is 8.78 Å². The number of rotatable bonds is 11. The van der Waals surface area contributed by atoms with E-state index in [4.69, 9.17) is 4.74 Å². The van der Waals surface area contributed by atoms with Gasteiger partial charge >= 0.3 is 0 Å². The molecule has 3 aromatic rings. The van der Waals surface area contributed by atoms with Crippen LogP contribution in [0.5, 0.6) is 5.75 Å². The highest BCUT2D eigenvalue weighted by atomic mass is 19.2. The van der Waals surface area contributed by atoms with Crippen LogP contribution < -0.4 is 4.74 Å². The molecule has 4 rings (SSSR count). The summed E-state index contributed by atoms with van der Waals surface area (Å²) in [7, 11) is 1.21. The van der Waals surface area contributed by atoms with Crippen LogP contribution in [0.15, 0.2) is 60.7 Å². The average Bonchev–Trinajstić information content (AvgIpc) is 2.96. The van der Waals surface area contributed by atoms with E-state index >= 15 is 8.78 Å². The van der Waals surface area contributed by atoms with Crippen molar-refractivity contribution >= 4 is 0 Å². The molecule has 5 heteroatoms. The standard InChI is InChI=1S/C34H38F4O/c1-3-4-5-8-23-11-13-24(14-12-23)9-6-7-10-25-15-17-26(18-16-25)27-19-20-28(32(36)31(27)35)29-21-22-30(39-2)34(38)33(29)37/h7,10-14,19-22,25-26H,3-6,8-9,15-18H2,1-2H3/b10-7+. The van der Waals surface area contributed by atoms with Crippen molar-refractivity contribution in [3.63, 3.8) is 0 Å². The van der Waals surface area contributed by atoms with E-state index in [2.05, 4.69) is 43.3 Å². The zero-order valence-electron chi connectivity index (χ0n) is 22.9. The van der Waals surface area contributed by atoms with Gasteiger partial charge in [0.1, 0.15) is 0 Å². The zero-order valence-corrected chi connectivity index (χ0v) is 22.9. The van der Waals surface area contributed by atoms with Gasteiger partial charge in [0.25, 0.3) is 0 Å². The second kappa shape index (κ2) is 13.8. The van der Waals surface area contributed by atoms with E-state index in [0.29, 0.717) is 11.5 Å². The molecule has 0 aliphatic heterocycles. The van der Waals surface area contributed by atoms with E-state index in [1.165, 1.54) is 61.8 Å². The second-order valence-corrected chi connectivity index (χ2v) is 10.6. The molecule has 0 saturated heterocycles. The molecule has 0 bridgehead atoms. The van der Waals surface area contributed by atoms with Crippen LogP contribution in [0, 0.1) is 29.2 Å². The third-order valence-corrected chi connectivity index (χ3v) is 7.98. The maximum atomic E-state index is 15.1. The number of halogens is 4. The first-order valence-electron chi connectivity index (χ1n) is 14.2. The van der Waals surface area contributed by atoms with Crippen LogP contribution >= 0.6 is 0 Å². The minimum absolute atomic E-state index is 0.0912. The first-order chi connectivity index (χ1) is 18.9. The average molecular weight is 539 g/mol. The topological polar surface area (TPSA) is 9.23 Å². The molecular formula is C34H38F4O. The molecule has 1 nitrogen and oxygen atoms in total. The summed E-state index contributed by atoms with van der Waals surface area (Å²) in [6.45, 7) is 2.22. The van der Waals surface area contributed by atoms with Crippen molar-refractivity contribution in [3.05, 3.63) is 101 Å². The van der Waals surface area contributed by atoms with Gasteiger partial charge in [-0.2, -0.15) is 4.39 Å². The van der Waals surface area contributed by atoms with Crippen LogP contribution in [-0.4, -0.2) is 7.11 Å². The lowest BCUT2D eigenvalue weighted by atomic mass is 9.78. The molecule has 39 heavy (non-hydrogen) atoms. The minimum atomic E-state index is -1.26. The van der Waals surface area contributed by atoms with Crippen molar-refractivity contribution in [1.82, 2.24) is 0 Å². The van der Waals surface area contributed by atoms with Gasteiger partial charge in [-0.3, -0.25) is 0 Å². The maximum absolute atomic E-state index is 15.1. The Morgan fingerprint density at radius 3 is 1.97 bits per heavy atom. The number of hydrogen-bond acceptors (Lipinski definition) is 1. The Labute approximate surface area is 229 Å². The summed E-state index contributed by atoms with van der Waals surface area (Å²) in [6.07, 6.45) is 14.8. The second-order valence-electron chi connectivity index (χ2n) is 10.6. The van der Waals surface area contributed by atoms with Crippen molar-refractivity contribution in [2.24, 2.45) is 5.92 Å². The van der Waals surface area contributed by atoms with E-state index in [-0.39, 0.29) is 22.8 Å². The van der Waals surface area contributed by atoms with Gasteiger partial charge in [0.05, 0.1) is 7.11 Å². The Kier molecular flexibility index (Phi) is 10.2. The van der Waals surface area contributed by atoms with Crippen molar-refractivity contribution in [1.29, 1.82) is 0 Å². The largest absolute Gasteiger partial charge is 0.494 e. The lowest BCUT2D eigenvalue weighted by Crippen LogP contribution is -2.14. The molecule has 1 saturated carbocycles. The molecule has 1 aliphatic rings. The third kappa shape index (κ3) is 7.12. The highest BCUT2D eigenvalue weighted by Gasteiger charge is 2.27. The van der Waals surface area contributed by atoms with Gasteiger partial charge in [-0.05, 0) is 92.0 Å². The summed E-state index contributed by atoms with van der Waals surface area (Å²) in [6, 6.07) is 14.2. The molecule has 0 amide bonds. The quantitative estimate of drug-likeness (QED) is 0.134. The van der Waals surface area contributed by atoms with Crippen LogP contribution in [0.3, 0.4) is 0 Å². The Morgan fingerprint density at radius 1 is 0.718 bits per heavy atom. The fraction of sp³-hybridized carbons (Fsp3) is 0.412. The molecule has 0 spiro atoms. The Bertz CT molecular complexity index is 1260. The molecule has 208 valence electrons. The lowest BCUT2D eigenvalue weighted by molar-refractivity contribution is 0.363. The monoisotopic (exact) mass is 538 g/mol. The van der Waals surface area contributed by atoms with Crippen LogP contribution in [-0.2, 0) is 12.8 Å². The number of allylic oxidation sites excluding steroid dienone is 2. The van der Waals surface area contributed by atoms with Crippen LogP contribution in [0.25, 0.3) is 11.1 Å². The van der Waals surface area contributed by atoms with E-state index in [1.54, 1.807) is 0 Å². The Balaban J connectivity index is 1.30. The van der Waals surface area contributed by atoms with Gasteiger partial charge in [-0.15, -0.1) is 0 Å². The molecule has 0 atom stereocenters. The van der Waals surface area contributed by atoms with Gasteiger partial charge in [-0.25, -0.2) is 13.2 Å². The lowest BCUT2D eigenvalue weighted by Gasteiger charge is -2.27. The number of unbranched alkanes of at least 4 members (excludes halogenated alkanes) is 2. The summed E-state index contributed by atoms with van der Waals surface area (Å²) >= 11 is 0. The van der Waals surface area contributed by atoms with Crippen molar-refractivity contribution in [2.75, 3.05) is 7.11 Å². The normalized spacial score (nSPS) is 17.6. The molecule has 0 N–H and O–H groups in total. The van der Waals surface area contributed by atoms with Gasteiger partial charge in [0.2, 0.25) is 5.82 Å². The minimum Gasteiger partial charge on any atom is -0.494 e. The predicted octanol–water partition coefficient (Wildman–Crippen LogP) is 10.1. The molecule has 0 aromatic heterocycles. The van der Waals surface area contributed by atoms with Gasteiger partial charge in [0, 0.05) is 11.1 Å². The van der Waals surface area contributed by atoms with Crippen LogP contribution in [0.2, 0.25) is 0 Å². The SMILES string of the molecule is CCCCCc1ccc(CC/C=C/C2CCC(c3ccc(-c4ccc(OC)c(F)c4F)c(F)c3F)CC2)cc1. The number of ether oxygens (including phenoxy) is 1. The number of methoxy groups -OCH3 is 1. The van der Waals surface area contributed by atoms with Crippen molar-refractivity contribution < 1.29 is 22.3 Å². The third-order valence-electron chi connectivity index (χ3n) is 7.98. The summed E-state index contributed by atoms with van der Waals surface area (Å²) in [5.41, 5.74) is 2.45. The molecule has 1 aliphatic carbocycles. The van der Waals surface area contributed by atoms with Gasteiger partial charge < -0.3 is 4.74 Å². The summed E-state index contributed by atoms with van der Waals surface area (Å²) < 4.78 is 63.5.